The number of H-pyrrole nitrogens is 1. The number of halogens is 2. The fourth-order valence-electron chi connectivity index (χ4n) is 3.12. The highest BCUT2D eigenvalue weighted by atomic mass is 19.3. The van der Waals surface area contributed by atoms with Crippen molar-refractivity contribution in [2.45, 2.75) is 37.7 Å². The third-order valence-electron chi connectivity index (χ3n) is 4.23. The maximum atomic E-state index is 14.2. The van der Waals surface area contributed by atoms with Crippen molar-refractivity contribution >= 4 is 11.9 Å². The zero-order chi connectivity index (χ0) is 18.6. The highest BCUT2D eigenvalue weighted by Crippen LogP contribution is 2.70. The lowest BCUT2D eigenvalue weighted by atomic mass is 10.2. The molecule has 9 nitrogen and oxygen atoms in total. The van der Waals surface area contributed by atoms with Gasteiger partial charge < -0.3 is 14.2 Å². The van der Waals surface area contributed by atoms with Gasteiger partial charge in [-0.25, -0.2) is 13.6 Å². The largest absolute Gasteiger partial charge is 0.463 e. The molecule has 3 rings (SSSR count). The topological polar surface area (TPSA) is 117 Å². The van der Waals surface area contributed by atoms with Gasteiger partial charge in [0.2, 0.25) is 0 Å². The quantitative estimate of drug-likeness (QED) is 0.724. The number of esters is 2. The van der Waals surface area contributed by atoms with Crippen LogP contribution in [-0.4, -0.2) is 45.7 Å². The predicted molar refractivity (Wildman–Crippen MR) is 74.8 cm³/mol. The van der Waals surface area contributed by atoms with Gasteiger partial charge in [-0.2, -0.15) is 0 Å². The lowest BCUT2D eigenvalue weighted by molar-refractivity contribution is -0.184. The summed E-state index contributed by atoms with van der Waals surface area (Å²) < 4.78 is 44.3. The highest BCUT2D eigenvalue weighted by molar-refractivity contribution is 5.67. The summed E-state index contributed by atoms with van der Waals surface area (Å²) >= 11 is 0. The number of alkyl halides is 2. The number of aromatic nitrogens is 2. The molecule has 0 bridgehead atoms. The molecule has 1 aliphatic carbocycles. The minimum absolute atomic E-state index is 0.687. The maximum Gasteiger partial charge on any atom is 0.330 e. The lowest BCUT2D eigenvalue weighted by Crippen LogP contribution is -2.41. The Hall–Kier alpha value is -2.56. The van der Waals surface area contributed by atoms with Crippen LogP contribution in [0.3, 0.4) is 0 Å². The number of rotatable bonds is 4. The zero-order valence-corrected chi connectivity index (χ0v) is 13.2. The molecule has 2 aliphatic rings. The first kappa shape index (κ1) is 17.3. The molecule has 25 heavy (non-hydrogen) atoms. The first-order valence-electron chi connectivity index (χ1n) is 7.28. The van der Waals surface area contributed by atoms with Crippen LogP contribution >= 0.6 is 0 Å². The van der Waals surface area contributed by atoms with Crippen LogP contribution < -0.4 is 11.2 Å². The molecule has 4 atom stereocenters. The Kier molecular flexibility index (Phi) is 3.78. The number of nitrogens with zero attached hydrogens (tertiary/aromatic N) is 1. The van der Waals surface area contributed by atoms with Crippen LogP contribution in [0.5, 0.6) is 0 Å². The van der Waals surface area contributed by atoms with Crippen LogP contribution in [0.4, 0.5) is 8.78 Å². The molecule has 136 valence electrons. The Bertz CT molecular complexity index is 848. The summed E-state index contributed by atoms with van der Waals surface area (Å²) in [6.07, 6.45) is -1.84. The molecule has 1 saturated heterocycles. The van der Waals surface area contributed by atoms with E-state index in [-0.39, 0.29) is 0 Å². The van der Waals surface area contributed by atoms with Crippen LogP contribution in [0, 0.1) is 5.92 Å². The molecule has 0 radical (unpaired) electrons. The van der Waals surface area contributed by atoms with E-state index in [0.29, 0.717) is 0 Å². The molecular weight excluding hydrogens is 346 g/mol. The number of carbonyl (C=O) groups excluding carboxylic acids is 2. The smallest absolute Gasteiger partial charge is 0.330 e. The minimum atomic E-state index is -3.41. The van der Waals surface area contributed by atoms with E-state index in [9.17, 15) is 28.0 Å². The molecule has 0 aromatic carbocycles. The normalized spacial score (nSPS) is 31.9. The van der Waals surface area contributed by atoms with E-state index in [1.165, 1.54) is 0 Å². The molecule has 1 saturated carbocycles. The van der Waals surface area contributed by atoms with Gasteiger partial charge in [-0.3, -0.25) is 23.9 Å². The average Bonchev–Trinajstić information content (AvgIpc) is 2.78. The van der Waals surface area contributed by atoms with Crippen molar-refractivity contribution in [2.75, 3.05) is 6.61 Å². The second-order valence-electron chi connectivity index (χ2n) is 5.87. The van der Waals surface area contributed by atoms with Crippen LogP contribution in [-0.2, 0) is 23.8 Å². The Morgan fingerprint density at radius 3 is 2.56 bits per heavy atom. The van der Waals surface area contributed by atoms with Gasteiger partial charge in [0.1, 0.15) is 12.5 Å². The number of carbonyl (C=O) groups is 2. The summed E-state index contributed by atoms with van der Waals surface area (Å²) in [7, 11) is 0. The third-order valence-corrected chi connectivity index (χ3v) is 4.23. The van der Waals surface area contributed by atoms with Crippen molar-refractivity contribution in [3.8, 4) is 0 Å². The summed E-state index contributed by atoms with van der Waals surface area (Å²) in [5.41, 5.74) is -3.80. The van der Waals surface area contributed by atoms with Gasteiger partial charge in [0.05, 0.1) is 0 Å². The Morgan fingerprint density at radius 2 is 2.00 bits per heavy atom. The van der Waals surface area contributed by atoms with Gasteiger partial charge in [-0.15, -0.1) is 0 Å². The number of nitrogens with one attached hydrogen (secondary N) is 1. The number of ether oxygens (including phenoxy) is 3. The molecule has 1 aromatic rings. The zero-order valence-electron chi connectivity index (χ0n) is 13.2. The van der Waals surface area contributed by atoms with Crippen LogP contribution in [0.15, 0.2) is 21.9 Å². The first-order valence-corrected chi connectivity index (χ1v) is 7.28. The van der Waals surface area contributed by atoms with Crippen LogP contribution in [0.2, 0.25) is 0 Å². The maximum absolute atomic E-state index is 14.2. The van der Waals surface area contributed by atoms with E-state index in [4.69, 9.17) is 9.47 Å². The number of fused-ring (bicyclic) bond motifs is 1. The van der Waals surface area contributed by atoms with Gasteiger partial charge in [-0.05, 0) is 0 Å². The number of hydrogen-bond donors (Lipinski definition) is 1. The molecule has 2 heterocycles. The highest BCUT2D eigenvalue weighted by Gasteiger charge is 2.91. The average molecular weight is 360 g/mol. The van der Waals surface area contributed by atoms with Crippen molar-refractivity contribution in [3.05, 3.63) is 33.1 Å². The van der Waals surface area contributed by atoms with Gasteiger partial charge in [-0.1, -0.05) is 0 Å². The molecule has 1 aliphatic heterocycles. The van der Waals surface area contributed by atoms with E-state index >= 15 is 0 Å². The van der Waals surface area contributed by atoms with Gasteiger partial charge in [0, 0.05) is 26.1 Å². The Balaban J connectivity index is 1.99. The molecule has 0 unspecified atom stereocenters. The van der Waals surface area contributed by atoms with Crippen molar-refractivity contribution in [2.24, 2.45) is 5.92 Å². The van der Waals surface area contributed by atoms with E-state index in [1.54, 1.807) is 0 Å². The number of aromatic amines is 1. The van der Waals surface area contributed by atoms with E-state index in [2.05, 4.69) is 4.74 Å². The van der Waals surface area contributed by atoms with Crippen molar-refractivity contribution in [1.29, 1.82) is 0 Å². The van der Waals surface area contributed by atoms with E-state index in [0.717, 1.165) is 30.7 Å². The third kappa shape index (κ3) is 2.54. The standard InChI is InChI=1S/C14H14F2N2O7/c1-6(19)23-5-13-10(14(13,15)16)9(24-7(2)20)11(25-13)18-4-3-8(21)17-12(18)22/h3-4,9-11H,5H2,1-2H3,(H,17,21,22)/t9-,10+,11-,13-/m1/s1. The summed E-state index contributed by atoms with van der Waals surface area (Å²) in [4.78, 5) is 47.3. The molecule has 11 heteroatoms. The second-order valence-corrected chi connectivity index (χ2v) is 5.87. The predicted octanol–water partition coefficient (Wildman–Crippen LogP) is -0.436. The number of hydrogen-bond acceptors (Lipinski definition) is 7. The second kappa shape index (κ2) is 5.48. The Morgan fingerprint density at radius 1 is 1.32 bits per heavy atom. The molecule has 0 amide bonds. The molecular formula is C14H14F2N2O7. The SMILES string of the molecule is CC(=O)OC[C@@]12O[C@@H](n3ccc(=O)[nH]c3=O)[C@H](OC(C)=O)[C@@H]1C2(F)F. The molecule has 2 fully saturated rings. The van der Waals surface area contributed by atoms with Crippen LogP contribution in [0.1, 0.15) is 20.1 Å². The van der Waals surface area contributed by atoms with Gasteiger partial charge in [0.15, 0.2) is 17.9 Å². The minimum Gasteiger partial charge on any atom is -0.463 e. The fraction of sp³-hybridized carbons (Fsp3) is 0.571. The summed E-state index contributed by atoms with van der Waals surface area (Å²) in [5.74, 6) is -6.63. The first-order chi connectivity index (χ1) is 11.6. The molecule has 1 N–H and O–H groups in total. The summed E-state index contributed by atoms with van der Waals surface area (Å²) in [6.45, 7) is 1.32. The lowest BCUT2D eigenvalue weighted by Gasteiger charge is -2.26. The van der Waals surface area contributed by atoms with E-state index in [1.807, 2.05) is 4.98 Å². The van der Waals surface area contributed by atoms with Crippen molar-refractivity contribution < 1.29 is 32.6 Å². The summed E-state index contributed by atoms with van der Waals surface area (Å²) in [5, 5.41) is 0. The monoisotopic (exact) mass is 360 g/mol. The molecule has 1 aromatic heterocycles. The van der Waals surface area contributed by atoms with Gasteiger partial charge >= 0.3 is 17.6 Å². The Labute approximate surface area is 138 Å². The summed E-state index contributed by atoms with van der Waals surface area (Å²) in [6, 6.07) is 0.996. The van der Waals surface area contributed by atoms with Crippen molar-refractivity contribution in [3.63, 3.8) is 0 Å². The van der Waals surface area contributed by atoms with Crippen molar-refractivity contribution in [1.82, 2.24) is 9.55 Å². The fourth-order valence-corrected chi connectivity index (χ4v) is 3.12. The van der Waals surface area contributed by atoms with Gasteiger partial charge in [0.25, 0.3) is 11.5 Å². The van der Waals surface area contributed by atoms with E-state index < -0.39 is 59.6 Å². The molecule has 0 spiro atoms. The van der Waals surface area contributed by atoms with Crippen LogP contribution in [0.25, 0.3) is 0 Å².